The van der Waals surface area contributed by atoms with Gasteiger partial charge in [-0.05, 0) is 6.42 Å². The maximum absolute atomic E-state index is 13.2. The molecule has 1 rings (SSSR count). The van der Waals surface area contributed by atoms with E-state index in [1.807, 2.05) is 0 Å². The van der Waals surface area contributed by atoms with Crippen LogP contribution in [0.2, 0.25) is 0 Å². The molecule has 0 aliphatic rings. The zero-order chi connectivity index (χ0) is 15.5. The summed E-state index contributed by atoms with van der Waals surface area (Å²) in [6, 6.07) is 0. The van der Waals surface area contributed by atoms with Gasteiger partial charge in [0.1, 0.15) is 0 Å². The third kappa shape index (κ3) is 3.57. The molecule has 0 N–H and O–H groups in total. The van der Waals surface area contributed by atoms with Crippen LogP contribution in [0, 0.1) is 29.1 Å². The highest BCUT2D eigenvalue weighted by Gasteiger charge is 2.30. The van der Waals surface area contributed by atoms with Crippen molar-refractivity contribution < 1.29 is 38.7 Å². The second kappa shape index (κ2) is 6.35. The number of hydrogen-bond acceptors (Lipinski definition) is 4. The van der Waals surface area contributed by atoms with E-state index in [0.29, 0.717) is 12.8 Å². The van der Waals surface area contributed by atoms with Crippen LogP contribution in [0.15, 0.2) is 0 Å². The van der Waals surface area contributed by atoms with Gasteiger partial charge < -0.3 is 4.18 Å². The van der Waals surface area contributed by atoms with Gasteiger partial charge in [0.25, 0.3) is 0 Å². The van der Waals surface area contributed by atoms with E-state index in [0.717, 1.165) is 0 Å². The molecular formula is C10H9F5O4S. The minimum Gasteiger partial charge on any atom is -0.355 e. The fourth-order valence-electron chi connectivity index (χ4n) is 1.09. The molecule has 0 atom stereocenters. The van der Waals surface area contributed by atoms with Crippen molar-refractivity contribution >= 4 is 10.4 Å². The molecule has 4 nitrogen and oxygen atoms in total. The van der Waals surface area contributed by atoms with Crippen molar-refractivity contribution in [2.45, 2.75) is 19.8 Å². The molecule has 0 bridgehead atoms. The molecule has 0 fully saturated rings. The Balaban J connectivity index is 3.10. The van der Waals surface area contributed by atoms with E-state index in [2.05, 4.69) is 8.37 Å². The SMILES string of the molecule is CCCCOS(=O)(=O)Oc1c(F)c(F)c(F)c(F)c1F. The highest BCUT2D eigenvalue weighted by Crippen LogP contribution is 2.30. The summed E-state index contributed by atoms with van der Waals surface area (Å²) in [6.45, 7) is 1.36. The first kappa shape index (κ1) is 16.6. The highest BCUT2D eigenvalue weighted by atomic mass is 32.3. The predicted molar refractivity (Wildman–Crippen MR) is 56.6 cm³/mol. The van der Waals surface area contributed by atoms with Gasteiger partial charge in [0.2, 0.25) is 34.8 Å². The van der Waals surface area contributed by atoms with Gasteiger partial charge in [-0.1, -0.05) is 13.3 Å². The molecule has 0 aliphatic carbocycles. The Bertz CT molecular complexity index is 573. The van der Waals surface area contributed by atoms with Gasteiger partial charge in [-0.25, -0.2) is 17.4 Å². The van der Waals surface area contributed by atoms with E-state index in [9.17, 15) is 30.4 Å². The Morgan fingerprint density at radius 3 is 1.80 bits per heavy atom. The molecule has 114 valence electrons. The van der Waals surface area contributed by atoms with Crippen molar-refractivity contribution in [1.82, 2.24) is 0 Å². The average Bonchev–Trinajstić information content (AvgIpc) is 2.39. The molecule has 20 heavy (non-hydrogen) atoms. The minimum absolute atomic E-state index is 0.291. The number of benzene rings is 1. The highest BCUT2D eigenvalue weighted by molar-refractivity contribution is 7.82. The number of unbranched alkanes of at least 4 members (excludes halogenated alkanes) is 1. The first-order chi connectivity index (χ1) is 9.21. The van der Waals surface area contributed by atoms with Crippen LogP contribution in [0.3, 0.4) is 0 Å². The van der Waals surface area contributed by atoms with E-state index in [1.54, 1.807) is 6.92 Å². The van der Waals surface area contributed by atoms with E-state index in [-0.39, 0.29) is 6.61 Å². The van der Waals surface area contributed by atoms with Crippen LogP contribution < -0.4 is 4.18 Å². The molecule has 1 aromatic rings. The summed E-state index contributed by atoms with van der Waals surface area (Å²) in [5.41, 5.74) is 0. The van der Waals surface area contributed by atoms with Gasteiger partial charge in [0.05, 0.1) is 6.61 Å². The standard InChI is InChI=1S/C10H9F5O4S/c1-2-3-4-18-20(16,17)19-10-8(14)6(12)5(11)7(13)9(10)15/h2-4H2,1H3. The maximum atomic E-state index is 13.2. The normalized spacial score (nSPS) is 11.7. The molecule has 0 aliphatic heterocycles. The fourth-order valence-corrected chi connectivity index (χ4v) is 1.81. The Morgan fingerprint density at radius 1 is 0.900 bits per heavy atom. The first-order valence-corrected chi connectivity index (χ1v) is 6.64. The van der Waals surface area contributed by atoms with Gasteiger partial charge in [-0.3, -0.25) is 0 Å². The van der Waals surface area contributed by atoms with Crippen LogP contribution >= 0.6 is 0 Å². The molecule has 0 saturated carbocycles. The lowest BCUT2D eigenvalue weighted by Gasteiger charge is -2.09. The lowest BCUT2D eigenvalue weighted by atomic mass is 10.3. The zero-order valence-corrected chi connectivity index (χ0v) is 10.9. The van der Waals surface area contributed by atoms with Crippen LogP contribution in [0.1, 0.15) is 19.8 Å². The number of halogens is 5. The Morgan fingerprint density at radius 2 is 1.35 bits per heavy atom. The summed E-state index contributed by atoms with van der Waals surface area (Å²) >= 11 is 0. The summed E-state index contributed by atoms with van der Waals surface area (Å²) in [4.78, 5) is 0. The van der Waals surface area contributed by atoms with Gasteiger partial charge >= 0.3 is 10.4 Å². The fraction of sp³-hybridized carbons (Fsp3) is 0.400. The van der Waals surface area contributed by atoms with Crippen LogP contribution in [0.4, 0.5) is 22.0 Å². The second-order valence-electron chi connectivity index (χ2n) is 3.57. The van der Waals surface area contributed by atoms with Crippen LogP contribution in [-0.2, 0) is 14.6 Å². The van der Waals surface area contributed by atoms with Crippen LogP contribution in [-0.4, -0.2) is 15.0 Å². The average molecular weight is 320 g/mol. The van der Waals surface area contributed by atoms with E-state index < -0.39 is 45.2 Å². The number of hydrogen-bond donors (Lipinski definition) is 0. The van der Waals surface area contributed by atoms with E-state index in [1.165, 1.54) is 0 Å². The van der Waals surface area contributed by atoms with Crippen molar-refractivity contribution in [3.05, 3.63) is 29.1 Å². The zero-order valence-electron chi connectivity index (χ0n) is 10.1. The van der Waals surface area contributed by atoms with Gasteiger partial charge in [-0.15, -0.1) is 0 Å². The largest absolute Gasteiger partial charge is 0.449 e. The van der Waals surface area contributed by atoms with Crippen molar-refractivity contribution in [2.75, 3.05) is 6.61 Å². The van der Waals surface area contributed by atoms with Crippen LogP contribution in [0.5, 0.6) is 5.75 Å². The Kier molecular flexibility index (Phi) is 5.28. The van der Waals surface area contributed by atoms with Crippen molar-refractivity contribution in [3.8, 4) is 5.75 Å². The first-order valence-electron chi connectivity index (χ1n) is 5.31. The summed E-state index contributed by atoms with van der Waals surface area (Å²) < 4.78 is 94.9. The second-order valence-corrected chi connectivity index (χ2v) is 4.79. The van der Waals surface area contributed by atoms with Gasteiger partial charge in [0.15, 0.2) is 0 Å². The summed E-state index contributed by atoms with van der Waals surface area (Å²) in [5.74, 6) is -13.8. The lowest BCUT2D eigenvalue weighted by molar-refractivity contribution is 0.258. The van der Waals surface area contributed by atoms with Gasteiger partial charge in [-0.2, -0.15) is 17.2 Å². The Hall–Kier alpha value is -1.42. The maximum Gasteiger partial charge on any atom is 0.449 e. The molecule has 0 unspecified atom stereocenters. The Labute approximate surface area is 111 Å². The van der Waals surface area contributed by atoms with Gasteiger partial charge in [0, 0.05) is 0 Å². The smallest absolute Gasteiger partial charge is 0.355 e. The topological polar surface area (TPSA) is 52.6 Å². The van der Waals surface area contributed by atoms with Crippen molar-refractivity contribution in [3.63, 3.8) is 0 Å². The molecule has 0 amide bonds. The molecule has 1 aromatic carbocycles. The molecule has 10 heteroatoms. The van der Waals surface area contributed by atoms with Crippen molar-refractivity contribution in [2.24, 2.45) is 0 Å². The molecule has 0 heterocycles. The molecule has 0 spiro atoms. The molecular weight excluding hydrogens is 311 g/mol. The lowest BCUT2D eigenvalue weighted by Crippen LogP contribution is -2.17. The monoisotopic (exact) mass is 320 g/mol. The predicted octanol–water partition coefficient (Wildman–Crippen LogP) is 2.82. The molecule has 0 aromatic heterocycles. The minimum atomic E-state index is -4.93. The van der Waals surface area contributed by atoms with E-state index >= 15 is 0 Å². The summed E-state index contributed by atoms with van der Waals surface area (Å²) in [6.07, 6.45) is 0.845. The summed E-state index contributed by atoms with van der Waals surface area (Å²) in [5, 5.41) is 0. The molecule has 0 radical (unpaired) electrons. The van der Waals surface area contributed by atoms with E-state index in [4.69, 9.17) is 0 Å². The van der Waals surface area contributed by atoms with Crippen LogP contribution in [0.25, 0.3) is 0 Å². The molecule has 0 saturated heterocycles. The quantitative estimate of drug-likeness (QED) is 0.350. The van der Waals surface area contributed by atoms with Crippen molar-refractivity contribution in [1.29, 1.82) is 0 Å². The summed E-state index contributed by atoms with van der Waals surface area (Å²) in [7, 11) is -4.93. The number of rotatable bonds is 6. The third-order valence-corrected chi connectivity index (χ3v) is 2.91. The third-order valence-electron chi connectivity index (χ3n) is 2.08.